The minimum atomic E-state index is 0.243. The van der Waals surface area contributed by atoms with Gasteiger partial charge in [-0.1, -0.05) is 6.07 Å². The number of benzene rings is 1. The first-order valence-electron chi connectivity index (χ1n) is 3.33. The van der Waals surface area contributed by atoms with Crippen molar-refractivity contribution in [2.45, 2.75) is 0 Å². The van der Waals surface area contributed by atoms with Gasteiger partial charge in [-0.25, -0.2) is 0 Å². The van der Waals surface area contributed by atoms with E-state index in [1.807, 2.05) is 12.1 Å². The predicted octanol–water partition coefficient (Wildman–Crippen LogP) is 1.46. The molecule has 3 nitrogen and oxygen atoms in total. The summed E-state index contributed by atoms with van der Waals surface area (Å²) < 4.78 is 0. The SMILES string of the molecule is Nc1cccc2c(O)c[nH]c12. The van der Waals surface area contributed by atoms with E-state index < -0.39 is 0 Å². The van der Waals surface area contributed by atoms with Gasteiger partial charge < -0.3 is 15.8 Å². The second-order valence-corrected chi connectivity index (χ2v) is 2.44. The Balaban J connectivity index is 2.94. The van der Waals surface area contributed by atoms with Crippen LogP contribution in [0.25, 0.3) is 10.9 Å². The van der Waals surface area contributed by atoms with Gasteiger partial charge in [0.1, 0.15) is 5.75 Å². The van der Waals surface area contributed by atoms with E-state index in [9.17, 15) is 5.11 Å². The van der Waals surface area contributed by atoms with Gasteiger partial charge in [-0.3, -0.25) is 0 Å². The summed E-state index contributed by atoms with van der Waals surface area (Å²) in [5.41, 5.74) is 7.08. The molecule has 0 atom stereocenters. The zero-order valence-corrected chi connectivity index (χ0v) is 5.83. The molecule has 56 valence electrons. The minimum absolute atomic E-state index is 0.243. The Morgan fingerprint density at radius 1 is 1.36 bits per heavy atom. The lowest BCUT2D eigenvalue weighted by atomic mass is 10.2. The maximum Gasteiger partial charge on any atom is 0.140 e. The molecule has 0 amide bonds. The van der Waals surface area contributed by atoms with Crippen LogP contribution in [0.1, 0.15) is 0 Å². The summed E-state index contributed by atoms with van der Waals surface area (Å²) in [6, 6.07) is 5.42. The van der Waals surface area contributed by atoms with E-state index in [2.05, 4.69) is 4.98 Å². The van der Waals surface area contributed by atoms with Crippen molar-refractivity contribution >= 4 is 16.6 Å². The summed E-state index contributed by atoms with van der Waals surface area (Å²) in [5, 5.41) is 10.0. The topological polar surface area (TPSA) is 62.0 Å². The van der Waals surface area contributed by atoms with E-state index >= 15 is 0 Å². The third-order valence-corrected chi connectivity index (χ3v) is 1.73. The average molecular weight is 148 g/mol. The molecule has 0 saturated carbocycles. The van der Waals surface area contributed by atoms with Gasteiger partial charge in [0.2, 0.25) is 0 Å². The molecule has 1 aromatic heterocycles. The molecule has 0 aliphatic heterocycles. The Morgan fingerprint density at radius 2 is 2.18 bits per heavy atom. The van der Waals surface area contributed by atoms with Crippen molar-refractivity contribution < 1.29 is 5.11 Å². The number of hydrogen-bond acceptors (Lipinski definition) is 2. The van der Waals surface area contributed by atoms with Crippen LogP contribution in [0.2, 0.25) is 0 Å². The molecule has 3 heteroatoms. The molecule has 1 aromatic carbocycles. The first-order valence-corrected chi connectivity index (χ1v) is 3.33. The molecule has 4 N–H and O–H groups in total. The molecule has 0 saturated heterocycles. The van der Waals surface area contributed by atoms with Gasteiger partial charge in [-0.2, -0.15) is 0 Å². The number of nitrogen functional groups attached to an aromatic ring is 1. The van der Waals surface area contributed by atoms with E-state index in [1.54, 1.807) is 6.07 Å². The second kappa shape index (κ2) is 1.92. The number of nitrogens with one attached hydrogen (secondary N) is 1. The van der Waals surface area contributed by atoms with Crippen LogP contribution in [0.4, 0.5) is 5.69 Å². The fraction of sp³-hybridized carbons (Fsp3) is 0. The van der Waals surface area contributed by atoms with Crippen molar-refractivity contribution in [1.82, 2.24) is 4.98 Å². The lowest BCUT2D eigenvalue weighted by molar-refractivity contribution is 0.481. The van der Waals surface area contributed by atoms with Crippen LogP contribution in [-0.2, 0) is 0 Å². The van der Waals surface area contributed by atoms with Gasteiger partial charge in [0, 0.05) is 11.6 Å². The molecule has 11 heavy (non-hydrogen) atoms. The van der Waals surface area contributed by atoms with E-state index in [0.717, 1.165) is 10.9 Å². The fourth-order valence-corrected chi connectivity index (χ4v) is 1.16. The zero-order chi connectivity index (χ0) is 7.84. The highest BCUT2D eigenvalue weighted by molar-refractivity contribution is 5.94. The van der Waals surface area contributed by atoms with Crippen molar-refractivity contribution in [2.24, 2.45) is 0 Å². The maximum absolute atomic E-state index is 9.25. The number of aromatic nitrogens is 1. The highest BCUT2D eigenvalue weighted by atomic mass is 16.3. The van der Waals surface area contributed by atoms with Gasteiger partial charge in [0.25, 0.3) is 0 Å². The summed E-state index contributed by atoms with van der Waals surface area (Å²) >= 11 is 0. The fourth-order valence-electron chi connectivity index (χ4n) is 1.16. The number of rotatable bonds is 0. The highest BCUT2D eigenvalue weighted by Gasteiger charge is 2.02. The number of H-pyrrole nitrogens is 1. The number of para-hydroxylation sites is 1. The largest absolute Gasteiger partial charge is 0.506 e. The Hall–Kier alpha value is -1.64. The highest BCUT2D eigenvalue weighted by Crippen LogP contribution is 2.27. The molecule has 0 radical (unpaired) electrons. The predicted molar refractivity (Wildman–Crippen MR) is 44.4 cm³/mol. The number of hydrogen-bond donors (Lipinski definition) is 3. The molecule has 0 aliphatic carbocycles. The summed E-state index contributed by atoms with van der Waals surface area (Å²) in [7, 11) is 0. The number of fused-ring (bicyclic) bond motifs is 1. The summed E-state index contributed by atoms with van der Waals surface area (Å²) in [5.74, 6) is 0.243. The Labute approximate surface area is 63.5 Å². The zero-order valence-electron chi connectivity index (χ0n) is 5.83. The quantitative estimate of drug-likeness (QED) is 0.495. The van der Waals surface area contributed by atoms with Crippen LogP contribution in [0, 0.1) is 0 Å². The number of nitrogens with two attached hydrogens (primary N) is 1. The van der Waals surface area contributed by atoms with Gasteiger partial charge in [0.15, 0.2) is 0 Å². The van der Waals surface area contributed by atoms with Crippen LogP contribution in [0.15, 0.2) is 24.4 Å². The van der Waals surface area contributed by atoms with Crippen molar-refractivity contribution in [1.29, 1.82) is 0 Å². The Morgan fingerprint density at radius 3 is 2.91 bits per heavy atom. The monoisotopic (exact) mass is 148 g/mol. The van der Waals surface area contributed by atoms with E-state index in [-0.39, 0.29) is 5.75 Å². The summed E-state index contributed by atoms with van der Waals surface area (Å²) in [6.07, 6.45) is 1.53. The molecule has 0 aliphatic rings. The van der Waals surface area contributed by atoms with Crippen molar-refractivity contribution in [2.75, 3.05) is 5.73 Å². The Bertz CT molecular complexity index is 392. The molecule has 0 spiro atoms. The smallest absolute Gasteiger partial charge is 0.140 e. The Kier molecular flexibility index (Phi) is 1.06. The molecule has 0 bridgehead atoms. The summed E-state index contributed by atoms with van der Waals surface area (Å²) in [6.45, 7) is 0. The summed E-state index contributed by atoms with van der Waals surface area (Å²) in [4.78, 5) is 2.88. The molecule has 0 unspecified atom stereocenters. The normalized spacial score (nSPS) is 10.5. The van der Waals surface area contributed by atoms with Gasteiger partial charge >= 0.3 is 0 Å². The van der Waals surface area contributed by atoms with Crippen LogP contribution >= 0.6 is 0 Å². The maximum atomic E-state index is 9.25. The standard InChI is InChI=1S/C8H8N2O/c9-6-3-1-2-5-7(11)4-10-8(5)6/h1-4,10-11H,9H2. The lowest BCUT2D eigenvalue weighted by Crippen LogP contribution is -1.84. The first kappa shape index (κ1) is 6.09. The van der Waals surface area contributed by atoms with Gasteiger partial charge in [0.05, 0.1) is 11.2 Å². The molecule has 1 heterocycles. The molecular formula is C8H8N2O. The number of aromatic amines is 1. The average Bonchev–Trinajstić information content (AvgIpc) is 2.35. The van der Waals surface area contributed by atoms with E-state index in [0.29, 0.717) is 5.69 Å². The molecule has 2 aromatic rings. The van der Waals surface area contributed by atoms with Gasteiger partial charge in [-0.15, -0.1) is 0 Å². The lowest BCUT2D eigenvalue weighted by Gasteiger charge is -1.93. The molecule has 0 fully saturated rings. The third-order valence-electron chi connectivity index (χ3n) is 1.73. The van der Waals surface area contributed by atoms with Crippen molar-refractivity contribution in [3.05, 3.63) is 24.4 Å². The third kappa shape index (κ3) is 0.741. The second-order valence-electron chi connectivity index (χ2n) is 2.44. The first-order chi connectivity index (χ1) is 5.29. The van der Waals surface area contributed by atoms with Crippen molar-refractivity contribution in [3.63, 3.8) is 0 Å². The number of aromatic hydroxyl groups is 1. The minimum Gasteiger partial charge on any atom is -0.506 e. The van der Waals surface area contributed by atoms with E-state index in [4.69, 9.17) is 5.73 Å². The van der Waals surface area contributed by atoms with Crippen LogP contribution in [-0.4, -0.2) is 10.1 Å². The molecule has 2 rings (SSSR count). The number of anilines is 1. The molecular weight excluding hydrogens is 140 g/mol. The van der Waals surface area contributed by atoms with Crippen molar-refractivity contribution in [3.8, 4) is 5.75 Å². The van der Waals surface area contributed by atoms with Crippen LogP contribution in [0.3, 0.4) is 0 Å². The van der Waals surface area contributed by atoms with Gasteiger partial charge in [-0.05, 0) is 12.1 Å². The van der Waals surface area contributed by atoms with Crippen LogP contribution in [0.5, 0.6) is 5.75 Å². The van der Waals surface area contributed by atoms with E-state index in [1.165, 1.54) is 6.20 Å². The van der Waals surface area contributed by atoms with Crippen LogP contribution < -0.4 is 5.73 Å².